The molecule has 1 aliphatic rings. The van der Waals surface area contributed by atoms with Crippen molar-refractivity contribution in [3.8, 4) is 23.7 Å². The standard InChI is InChI=1S/C17H11NO2S2/c1-2-10-18-16(19)15(22-17(18)21)11-13-8-9-14(20-13)12-6-4-3-5-7-12/h1,3-9,11H,10H2/b15-11+. The molecule has 0 atom stereocenters. The minimum atomic E-state index is -0.175. The minimum absolute atomic E-state index is 0.175. The maximum Gasteiger partial charge on any atom is 0.267 e. The molecule has 0 radical (unpaired) electrons. The van der Waals surface area contributed by atoms with Gasteiger partial charge in [0.1, 0.15) is 15.8 Å². The average Bonchev–Trinajstić information content (AvgIpc) is 3.09. The predicted molar refractivity (Wildman–Crippen MR) is 92.9 cm³/mol. The van der Waals surface area contributed by atoms with Crippen LogP contribution >= 0.6 is 24.0 Å². The van der Waals surface area contributed by atoms with Gasteiger partial charge in [0.25, 0.3) is 5.91 Å². The molecule has 22 heavy (non-hydrogen) atoms. The van der Waals surface area contributed by atoms with Gasteiger partial charge in [0, 0.05) is 11.6 Å². The van der Waals surface area contributed by atoms with Crippen molar-refractivity contribution in [3.05, 3.63) is 53.1 Å². The van der Waals surface area contributed by atoms with E-state index >= 15 is 0 Å². The number of thioether (sulfide) groups is 1. The largest absolute Gasteiger partial charge is 0.457 e. The van der Waals surface area contributed by atoms with Crippen LogP contribution in [0.25, 0.3) is 17.4 Å². The summed E-state index contributed by atoms with van der Waals surface area (Å²) in [6.45, 7) is 0.190. The van der Waals surface area contributed by atoms with E-state index in [4.69, 9.17) is 23.1 Å². The molecule has 0 saturated carbocycles. The molecule has 1 fully saturated rings. The first-order valence-electron chi connectivity index (χ1n) is 6.53. The van der Waals surface area contributed by atoms with Crippen molar-refractivity contribution in [2.24, 2.45) is 0 Å². The van der Waals surface area contributed by atoms with Gasteiger partial charge in [-0.25, -0.2) is 0 Å². The molecule has 1 saturated heterocycles. The van der Waals surface area contributed by atoms with Crippen molar-refractivity contribution in [1.29, 1.82) is 0 Å². The number of hydrogen-bond acceptors (Lipinski definition) is 4. The zero-order valence-corrected chi connectivity index (χ0v) is 13.1. The lowest BCUT2D eigenvalue weighted by Crippen LogP contribution is -2.28. The van der Waals surface area contributed by atoms with E-state index < -0.39 is 0 Å². The van der Waals surface area contributed by atoms with Crippen molar-refractivity contribution >= 4 is 40.3 Å². The quantitative estimate of drug-likeness (QED) is 0.488. The van der Waals surface area contributed by atoms with Crippen LogP contribution in [0.1, 0.15) is 5.76 Å². The summed E-state index contributed by atoms with van der Waals surface area (Å²) < 4.78 is 6.24. The number of rotatable bonds is 3. The summed E-state index contributed by atoms with van der Waals surface area (Å²) in [4.78, 5) is 14.1. The number of hydrogen-bond donors (Lipinski definition) is 0. The van der Waals surface area contributed by atoms with E-state index in [-0.39, 0.29) is 12.5 Å². The van der Waals surface area contributed by atoms with E-state index in [0.717, 1.165) is 11.3 Å². The molecule has 0 aliphatic carbocycles. The van der Waals surface area contributed by atoms with Gasteiger partial charge in [-0.3, -0.25) is 9.69 Å². The third-order valence-electron chi connectivity index (χ3n) is 3.08. The lowest BCUT2D eigenvalue weighted by Gasteiger charge is -2.08. The highest BCUT2D eigenvalue weighted by Gasteiger charge is 2.31. The van der Waals surface area contributed by atoms with Crippen molar-refractivity contribution in [2.75, 3.05) is 6.54 Å². The van der Waals surface area contributed by atoms with Crippen LogP contribution in [0.2, 0.25) is 0 Å². The minimum Gasteiger partial charge on any atom is -0.457 e. The van der Waals surface area contributed by atoms with Gasteiger partial charge < -0.3 is 4.42 Å². The lowest BCUT2D eigenvalue weighted by atomic mass is 10.2. The van der Waals surface area contributed by atoms with Gasteiger partial charge >= 0.3 is 0 Å². The summed E-state index contributed by atoms with van der Waals surface area (Å²) in [5, 5.41) is 0. The Hall–Kier alpha value is -2.29. The van der Waals surface area contributed by atoms with Gasteiger partial charge in [-0.2, -0.15) is 0 Å². The van der Waals surface area contributed by atoms with Crippen molar-refractivity contribution in [2.45, 2.75) is 0 Å². The van der Waals surface area contributed by atoms with Crippen LogP contribution in [0.3, 0.4) is 0 Å². The zero-order chi connectivity index (χ0) is 15.5. The summed E-state index contributed by atoms with van der Waals surface area (Å²) in [5.74, 6) is 3.63. The number of furan rings is 1. The highest BCUT2D eigenvalue weighted by Crippen LogP contribution is 2.33. The van der Waals surface area contributed by atoms with Crippen LogP contribution in [0.4, 0.5) is 0 Å². The van der Waals surface area contributed by atoms with Gasteiger partial charge in [-0.1, -0.05) is 60.2 Å². The van der Waals surface area contributed by atoms with E-state index in [1.54, 1.807) is 6.08 Å². The Morgan fingerprint density at radius 1 is 1.27 bits per heavy atom. The summed E-state index contributed by atoms with van der Waals surface area (Å²) in [6, 6.07) is 13.5. The highest BCUT2D eigenvalue weighted by molar-refractivity contribution is 8.26. The van der Waals surface area contributed by atoms with Crippen LogP contribution in [0.15, 0.2) is 51.8 Å². The second-order valence-electron chi connectivity index (χ2n) is 4.54. The van der Waals surface area contributed by atoms with Crippen molar-refractivity contribution in [3.63, 3.8) is 0 Å². The summed E-state index contributed by atoms with van der Waals surface area (Å²) >= 11 is 6.39. The number of carbonyl (C=O) groups is 1. The number of thiocarbonyl (C=S) groups is 1. The monoisotopic (exact) mass is 325 g/mol. The Morgan fingerprint density at radius 2 is 2.05 bits per heavy atom. The predicted octanol–water partition coefficient (Wildman–Crippen LogP) is 3.78. The van der Waals surface area contributed by atoms with Gasteiger partial charge in [0.15, 0.2) is 0 Å². The highest BCUT2D eigenvalue weighted by atomic mass is 32.2. The average molecular weight is 325 g/mol. The maximum absolute atomic E-state index is 12.2. The molecule has 0 N–H and O–H groups in total. The Balaban J connectivity index is 1.85. The summed E-state index contributed by atoms with van der Waals surface area (Å²) in [5.41, 5.74) is 0.988. The molecular formula is C17H11NO2S2. The Kier molecular flexibility index (Phi) is 4.14. The van der Waals surface area contributed by atoms with Crippen LogP contribution < -0.4 is 0 Å². The first-order chi connectivity index (χ1) is 10.7. The van der Waals surface area contributed by atoms with E-state index in [9.17, 15) is 4.79 Å². The summed E-state index contributed by atoms with van der Waals surface area (Å²) in [6.07, 6.45) is 6.94. The fourth-order valence-electron chi connectivity index (χ4n) is 2.04. The fourth-order valence-corrected chi connectivity index (χ4v) is 3.28. The second-order valence-corrected chi connectivity index (χ2v) is 6.22. The van der Waals surface area contributed by atoms with E-state index in [1.807, 2.05) is 42.5 Å². The molecule has 1 aromatic carbocycles. The van der Waals surface area contributed by atoms with Crippen LogP contribution in [0, 0.1) is 12.3 Å². The number of terminal acetylenes is 1. The van der Waals surface area contributed by atoms with Crippen LogP contribution in [0.5, 0.6) is 0 Å². The molecular weight excluding hydrogens is 314 g/mol. The van der Waals surface area contributed by atoms with Crippen molar-refractivity contribution in [1.82, 2.24) is 4.90 Å². The van der Waals surface area contributed by atoms with E-state index in [0.29, 0.717) is 15.0 Å². The number of amides is 1. The van der Waals surface area contributed by atoms with Gasteiger partial charge in [0.2, 0.25) is 0 Å². The Bertz CT molecular complexity index is 800. The van der Waals surface area contributed by atoms with E-state index in [2.05, 4.69) is 5.92 Å². The molecule has 1 aromatic heterocycles. The first kappa shape index (κ1) is 14.6. The molecule has 0 unspecified atom stereocenters. The molecule has 2 heterocycles. The SMILES string of the molecule is C#CCN1C(=O)/C(=C\c2ccc(-c3ccccc3)o2)SC1=S. The lowest BCUT2D eigenvalue weighted by molar-refractivity contribution is -0.121. The maximum atomic E-state index is 12.2. The Morgan fingerprint density at radius 3 is 2.77 bits per heavy atom. The number of carbonyl (C=O) groups excluding carboxylic acids is 1. The van der Waals surface area contributed by atoms with Crippen molar-refractivity contribution < 1.29 is 9.21 Å². The third-order valence-corrected chi connectivity index (χ3v) is 4.46. The summed E-state index contributed by atoms with van der Waals surface area (Å²) in [7, 11) is 0. The second kappa shape index (κ2) is 6.22. The number of benzene rings is 1. The molecule has 3 rings (SSSR count). The molecule has 108 valence electrons. The molecule has 5 heteroatoms. The molecule has 2 aromatic rings. The molecule has 1 amide bonds. The molecule has 0 spiro atoms. The van der Waals surface area contributed by atoms with Crippen LogP contribution in [-0.4, -0.2) is 21.7 Å². The van der Waals surface area contributed by atoms with E-state index in [1.165, 1.54) is 16.7 Å². The molecule has 0 bridgehead atoms. The molecule has 1 aliphatic heterocycles. The van der Waals surface area contributed by atoms with Gasteiger partial charge in [-0.15, -0.1) is 6.42 Å². The first-order valence-corrected chi connectivity index (χ1v) is 7.75. The normalized spacial score (nSPS) is 16.3. The van der Waals surface area contributed by atoms with Gasteiger partial charge in [0.05, 0.1) is 11.4 Å². The van der Waals surface area contributed by atoms with Gasteiger partial charge in [-0.05, 0) is 12.1 Å². The van der Waals surface area contributed by atoms with Crippen LogP contribution in [-0.2, 0) is 4.79 Å². The third kappa shape index (κ3) is 2.84. The zero-order valence-electron chi connectivity index (χ0n) is 11.5. The Labute approximate surface area is 138 Å². The number of nitrogens with zero attached hydrogens (tertiary/aromatic N) is 1. The fraction of sp³-hybridized carbons (Fsp3) is 0.0588. The smallest absolute Gasteiger partial charge is 0.267 e. The topological polar surface area (TPSA) is 33.5 Å². The molecule has 3 nitrogen and oxygen atoms in total.